The van der Waals surface area contributed by atoms with Gasteiger partial charge in [0.2, 0.25) is 0 Å². The van der Waals surface area contributed by atoms with Gasteiger partial charge in [0, 0.05) is 30.4 Å². The zero-order chi connectivity index (χ0) is 15.0. The second-order valence-electron chi connectivity index (χ2n) is 6.05. The summed E-state index contributed by atoms with van der Waals surface area (Å²) < 4.78 is 2.06. The van der Waals surface area contributed by atoms with E-state index in [0.717, 1.165) is 35.6 Å². The number of carbonyl (C=O) groups is 1. The molecule has 3 nitrogen and oxygen atoms in total. The van der Waals surface area contributed by atoms with E-state index in [1.165, 1.54) is 11.3 Å². The van der Waals surface area contributed by atoms with Gasteiger partial charge in [0.25, 0.3) is 5.91 Å². The Morgan fingerprint density at radius 3 is 2.67 bits per heavy atom. The molecule has 1 amide bonds. The van der Waals surface area contributed by atoms with Crippen molar-refractivity contribution >= 4 is 17.2 Å². The van der Waals surface area contributed by atoms with Crippen LogP contribution in [0.1, 0.15) is 40.6 Å². The normalized spacial score (nSPS) is 19.0. The maximum atomic E-state index is 13.0. The SMILES string of the molecule is Cc1sc(-n2cccc2)c(C(=O)N2CCCC(C)C2)c1C. The first-order valence-electron chi connectivity index (χ1n) is 7.60. The minimum Gasteiger partial charge on any atom is -0.338 e. The number of hydrogen-bond acceptors (Lipinski definition) is 2. The van der Waals surface area contributed by atoms with Crippen LogP contribution in [0.25, 0.3) is 5.00 Å². The van der Waals surface area contributed by atoms with Crippen molar-refractivity contribution in [2.24, 2.45) is 5.92 Å². The molecule has 1 aliphatic rings. The summed E-state index contributed by atoms with van der Waals surface area (Å²) in [6.07, 6.45) is 6.38. The molecule has 0 aliphatic carbocycles. The molecule has 0 N–H and O–H groups in total. The third kappa shape index (κ3) is 2.64. The molecule has 0 aromatic carbocycles. The van der Waals surface area contributed by atoms with Crippen LogP contribution in [0, 0.1) is 19.8 Å². The number of amides is 1. The van der Waals surface area contributed by atoms with Gasteiger partial charge in [-0.15, -0.1) is 11.3 Å². The van der Waals surface area contributed by atoms with Crippen molar-refractivity contribution in [3.63, 3.8) is 0 Å². The number of aromatic nitrogens is 1. The average molecular weight is 302 g/mol. The summed E-state index contributed by atoms with van der Waals surface area (Å²) in [4.78, 5) is 16.3. The molecule has 0 saturated carbocycles. The highest BCUT2D eigenvalue weighted by Crippen LogP contribution is 2.32. The van der Waals surface area contributed by atoms with Crippen molar-refractivity contribution in [2.45, 2.75) is 33.6 Å². The summed E-state index contributed by atoms with van der Waals surface area (Å²) >= 11 is 1.71. The Balaban J connectivity index is 1.99. The van der Waals surface area contributed by atoms with Crippen molar-refractivity contribution < 1.29 is 4.79 Å². The van der Waals surface area contributed by atoms with Crippen molar-refractivity contribution in [3.05, 3.63) is 40.5 Å². The van der Waals surface area contributed by atoms with Crippen molar-refractivity contribution in [3.8, 4) is 5.00 Å². The lowest BCUT2D eigenvalue weighted by Gasteiger charge is -2.31. The molecular formula is C17H22N2OS. The summed E-state index contributed by atoms with van der Waals surface area (Å²) in [5.41, 5.74) is 2.02. The van der Waals surface area contributed by atoms with Gasteiger partial charge in [0.15, 0.2) is 0 Å². The Labute approximate surface area is 130 Å². The number of nitrogens with zero attached hydrogens (tertiary/aromatic N) is 2. The number of aryl methyl sites for hydroxylation is 1. The highest BCUT2D eigenvalue weighted by Gasteiger charge is 2.27. The van der Waals surface area contributed by atoms with E-state index in [1.807, 2.05) is 29.4 Å². The molecule has 21 heavy (non-hydrogen) atoms. The molecule has 3 rings (SSSR count). The highest BCUT2D eigenvalue weighted by atomic mass is 32.1. The van der Waals surface area contributed by atoms with E-state index in [9.17, 15) is 4.79 Å². The lowest BCUT2D eigenvalue weighted by molar-refractivity contribution is 0.0683. The molecule has 2 aromatic heterocycles. The molecule has 1 saturated heterocycles. The monoisotopic (exact) mass is 302 g/mol. The summed E-state index contributed by atoms with van der Waals surface area (Å²) in [6.45, 7) is 8.18. The Morgan fingerprint density at radius 2 is 2.00 bits per heavy atom. The van der Waals surface area contributed by atoms with Gasteiger partial charge in [-0.05, 0) is 50.3 Å². The average Bonchev–Trinajstić information content (AvgIpc) is 3.08. The van der Waals surface area contributed by atoms with Crippen LogP contribution in [0.4, 0.5) is 0 Å². The topological polar surface area (TPSA) is 25.2 Å². The minimum absolute atomic E-state index is 0.201. The van der Waals surface area contributed by atoms with Crippen LogP contribution in [0.2, 0.25) is 0 Å². The Morgan fingerprint density at radius 1 is 1.29 bits per heavy atom. The molecule has 0 spiro atoms. The van der Waals surface area contributed by atoms with Gasteiger partial charge in [-0.25, -0.2) is 0 Å². The fraction of sp³-hybridized carbons (Fsp3) is 0.471. The van der Waals surface area contributed by atoms with Crippen molar-refractivity contribution in [1.82, 2.24) is 9.47 Å². The predicted molar refractivity (Wildman–Crippen MR) is 87.4 cm³/mol. The molecule has 1 atom stereocenters. The van der Waals surface area contributed by atoms with Gasteiger partial charge in [0.05, 0.1) is 5.56 Å². The summed E-state index contributed by atoms with van der Waals surface area (Å²) in [5, 5.41) is 1.05. The molecule has 112 valence electrons. The van der Waals surface area contributed by atoms with E-state index < -0.39 is 0 Å². The van der Waals surface area contributed by atoms with E-state index in [2.05, 4.69) is 25.3 Å². The van der Waals surface area contributed by atoms with Gasteiger partial charge in [-0.1, -0.05) is 6.92 Å². The lowest BCUT2D eigenvalue weighted by Crippen LogP contribution is -2.39. The fourth-order valence-electron chi connectivity index (χ4n) is 3.04. The first-order chi connectivity index (χ1) is 10.1. The molecule has 1 unspecified atom stereocenters. The maximum absolute atomic E-state index is 13.0. The van der Waals surface area contributed by atoms with Crippen LogP contribution in [-0.4, -0.2) is 28.5 Å². The standard InChI is InChI=1S/C17H22N2OS/c1-12-7-6-10-19(11-12)16(20)15-13(2)14(3)21-17(15)18-8-4-5-9-18/h4-5,8-9,12H,6-7,10-11H2,1-3H3. The first kappa shape index (κ1) is 14.4. The Kier molecular flexibility index (Phi) is 3.89. The van der Waals surface area contributed by atoms with E-state index >= 15 is 0 Å². The smallest absolute Gasteiger partial charge is 0.257 e. The molecule has 0 radical (unpaired) electrons. The Hall–Kier alpha value is -1.55. The van der Waals surface area contributed by atoms with E-state index in [-0.39, 0.29) is 5.91 Å². The quantitative estimate of drug-likeness (QED) is 0.822. The second-order valence-corrected chi connectivity index (χ2v) is 7.26. The summed E-state index contributed by atoms with van der Waals surface area (Å²) in [6, 6.07) is 4.00. The molecule has 1 fully saturated rings. The van der Waals surface area contributed by atoms with Crippen molar-refractivity contribution in [2.75, 3.05) is 13.1 Å². The molecule has 3 heterocycles. The van der Waals surface area contributed by atoms with Crippen LogP contribution >= 0.6 is 11.3 Å². The molecular weight excluding hydrogens is 280 g/mol. The second kappa shape index (κ2) is 5.68. The van der Waals surface area contributed by atoms with Gasteiger partial charge < -0.3 is 9.47 Å². The molecule has 1 aliphatic heterocycles. The zero-order valence-electron chi connectivity index (χ0n) is 12.9. The van der Waals surface area contributed by atoms with Crippen LogP contribution in [0.15, 0.2) is 24.5 Å². The van der Waals surface area contributed by atoms with E-state index in [1.54, 1.807) is 11.3 Å². The maximum Gasteiger partial charge on any atom is 0.257 e. The lowest BCUT2D eigenvalue weighted by atomic mass is 9.99. The number of rotatable bonds is 2. The van der Waals surface area contributed by atoms with Gasteiger partial charge in [-0.2, -0.15) is 0 Å². The number of likely N-dealkylation sites (tertiary alicyclic amines) is 1. The van der Waals surface area contributed by atoms with Crippen LogP contribution in [-0.2, 0) is 0 Å². The highest BCUT2D eigenvalue weighted by molar-refractivity contribution is 7.15. The third-order valence-corrected chi connectivity index (χ3v) is 5.58. The van der Waals surface area contributed by atoms with Gasteiger partial charge in [-0.3, -0.25) is 4.79 Å². The zero-order valence-corrected chi connectivity index (χ0v) is 13.7. The number of hydrogen-bond donors (Lipinski definition) is 0. The van der Waals surface area contributed by atoms with Crippen molar-refractivity contribution in [1.29, 1.82) is 0 Å². The number of piperidine rings is 1. The summed E-state index contributed by atoms with van der Waals surface area (Å²) in [7, 11) is 0. The van der Waals surface area contributed by atoms with Crippen LogP contribution in [0.3, 0.4) is 0 Å². The molecule has 2 aromatic rings. The number of carbonyl (C=O) groups excluding carboxylic acids is 1. The summed E-state index contributed by atoms with van der Waals surface area (Å²) in [5.74, 6) is 0.810. The fourth-order valence-corrected chi connectivity index (χ4v) is 4.16. The minimum atomic E-state index is 0.201. The predicted octanol–water partition coefficient (Wildman–Crippen LogP) is 4.03. The third-order valence-electron chi connectivity index (χ3n) is 4.36. The van der Waals surface area contributed by atoms with Crippen LogP contribution < -0.4 is 0 Å². The largest absolute Gasteiger partial charge is 0.338 e. The first-order valence-corrected chi connectivity index (χ1v) is 8.42. The van der Waals surface area contributed by atoms with E-state index in [4.69, 9.17) is 0 Å². The van der Waals surface area contributed by atoms with Gasteiger partial charge >= 0.3 is 0 Å². The molecule has 4 heteroatoms. The van der Waals surface area contributed by atoms with E-state index in [0.29, 0.717) is 5.92 Å². The van der Waals surface area contributed by atoms with Gasteiger partial charge in [0.1, 0.15) is 5.00 Å². The van der Waals surface area contributed by atoms with Crippen LogP contribution in [0.5, 0.6) is 0 Å². The molecule has 0 bridgehead atoms. The number of thiophene rings is 1. The Bertz CT molecular complexity index is 642.